The molecule has 0 saturated carbocycles. The molecular weight excluding hydrogens is 358 g/mol. The van der Waals surface area contributed by atoms with Crippen molar-refractivity contribution in [1.82, 2.24) is 19.7 Å². The maximum atomic E-state index is 13.0. The Bertz CT molecular complexity index is 887. The van der Waals surface area contributed by atoms with Gasteiger partial charge in [0.1, 0.15) is 0 Å². The molecule has 0 bridgehead atoms. The zero-order chi connectivity index (χ0) is 19.7. The summed E-state index contributed by atoms with van der Waals surface area (Å²) in [7, 11) is 0. The molecule has 1 N–H and O–H groups in total. The van der Waals surface area contributed by atoms with Gasteiger partial charge in [-0.05, 0) is 31.6 Å². The molecule has 2 aliphatic rings. The molecule has 3 heterocycles. The van der Waals surface area contributed by atoms with E-state index in [2.05, 4.69) is 5.10 Å². The number of allylic oxidation sites excluding steroid dienone is 1. The van der Waals surface area contributed by atoms with Crippen LogP contribution in [0.25, 0.3) is 11.3 Å². The van der Waals surface area contributed by atoms with Gasteiger partial charge in [0.2, 0.25) is 5.91 Å². The van der Waals surface area contributed by atoms with Crippen LogP contribution in [0, 0.1) is 12.1 Å². The van der Waals surface area contributed by atoms with E-state index in [0.29, 0.717) is 45.1 Å². The standard InChI is InChI=1S/C20H25N5O3/c1-15-14-23(9-8-18(26)22-10-12-28-13-11-22)25(27)20-19(15)16(2)24(21-20)17-6-4-3-5-7-17/h3-7,14,25H,8-13H2,1-2H3. The van der Waals surface area contributed by atoms with Crippen LogP contribution >= 0.6 is 0 Å². The SMILES string of the molecule is CC1=CN(CCC(=O)N2CCOCC2)[NH+]([O-])c2nn(-c3ccccc3)c(C)c21. The van der Waals surface area contributed by atoms with Gasteiger partial charge in [-0.15, -0.1) is 5.10 Å². The van der Waals surface area contributed by atoms with Gasteiger partial charge >= 0.3 is 0 Å². The highest BCUT2D eigenvalue weighted by atomic mass is 16.6. The molecule has 1 amide bonds. The summed E-state index contributed by atoms with van der Waals surface area (Å²) in [5.41, 5.74) is 3.72. The molecule has 2 aliphatic heterocycles. The maximum absolute atomic E-state index is 13.0. The van der Waals surface area contributed by atoms with Crippen molar-refractivity contribution in [2.45, 2.75) is 20.3 Å². The summed E-state index contributed by atoms with van der Waals surface area (Å²) in [6.45, 7) is 6.69. The Morgan fingerprint density at radius 1 is 1.21 bits per heavy atom. The highest BCUT2D eigenvalue weighted by molar-refractivity contribution is 5.77. The van der Waals surface area contributed by atoms with Gasteiger partial charge in [0.25, 0.3) is 5.82 Å². The van der Waals surface area contributed by atoms with Crippen molar-refractivity contribution < 1.29 is 14.7 Å². The minimum Gasteiger partial charge on any atom is -0.601 e. The lowest BCUT2D eigenvalue weighted by atomic mass is 10.1. The van der Waals surface area contributed by atoms with Crippen molar-refractivity contribution in [3.05, 3.63) is 53.0 Å². The Morgan fingerprint density at radius 3 is 2.64 bits per heavy atom. The number of amides is 1. The number of fused-ring (bicyclic) bond motifs is 1. The Morgan fingerprint density at radius 2 is 1.93 bits per heavy atom. The second-order valence-electron chi connectivity index (χ2n) is 7.11. The van der Waals surface area contributed by atoms with Gasteiger partial charge in [0, 0.05) is 19.5 Å². The number of hydrogen-bond donors (Lipinski definition) is 1. The van der Waals surface area contributed by atoms with E-state index in [1.165, 1.54) is 0 Å². The first-order valence-electron chi connectivity index (χ1n) is 9.56. The lowest BCUT2D eigenvalue weighted by Gasteiger charge is -2.35. The zero-order valence-corrected chi connectivity index (χ0v) is 16.2. The predicted molar refractivity (Wildman–Crippen MR) is 105 cm³/mol. The summed E-state index contributed by atoms with van der Waals surface area (Å²) in [5, 5.41) is 19.1. The lowest BCUT2D eigenvalue weighted by Crippen LogP contribution is -3.09. The van der Waals surface area contributed by atoms with Crippen LogP contribution < -0.4 is 5.17 Å². The molecule has 1 fully saturated rings. The molecule has 1 saturated heterocycles. The van der Waals surface area contributed by atoms with Crippen LogP contribution in [0.5, 0.6) is 0 Å². The number of benzene rings is 1. The van der Waals surface area contributed by atoms with Crippen LogP contribution in [0.3, 0.4) is 0 Å². The van der Waals surface area contributed by atoms with E-state index >= 15 is 0 Å². The van der Waals surface area contributed by atoms with Gasteiger partial charge in [-0.3, -0.25) is 4.79 Å². The molecule has 1 aromatic heterocycles. The third-order valence-electron chi connectivity index (χ3n) is 5.25. The molecule has 0 spiro atoms. The number of aromatic nitrogens is 2. The number of carbonyl (C=O) groups excluding carboxylic acids is 1. The number of quaternary nitrogens is 1. The zero-order valence-electron chi connectivity index (χ0n) is 16.2. The molecular formula is C20H25N5O3. The number of ether oxygens (including phenoxy) is 1. The largest absolute Gasteiger partial charge is 0.601 e. The monoisotopic (exact) mass is 383 g/mol. The van der Waals surface area contributed by atoms with Crippen molar-refractivity contribution in [1.29, 1.82) is 0 Å². The van der Waals surface area contributed by atoms with Gasteiger partial charge in [-0.25, -0.2) is 14.9 Å². The fraction of sp³-hybridized carbons (Fsp3) is 0.400. The molecule has 28 heavy (non-hydrogen) atoms. The van der Waals surface area contributed by atoms with E-state index in [1.807, 2.05) is 55.1 Å². The average molecular weight is 383 g/mol. The Balaban J connectivity index is 1.52. The third kappa shape index (κ3) is 3.42. The second kappa shape index (κ2) is 7.75. The Kier molecular flexibility index (Phi) is 5.17. The van der Waals surface area contributed by atoms with Gasteiger partial charge in [-0.1, -0.05) is 18.2 Å². The average Bonchev–Trinajstić information content (AvgIpc) is 3.09. The van der Waals surface area contributed by atoms with Crippen LogP contribution in [0.15, 0.2) is 36.5 Å². The second-order valence-corrected chi connectivity index (χ2v) is 7.11. The molecule has 148 valence electrons. The number of carbonyl (C=O) groups is 1. The molecule has 1 atom stereocenters. The number of hydrogen-bond acceptors (Lipinski definition) is 5. The minimum atomic E-state index is -0.159. The van der Waals surface area contributed by atoms with Crippen LogP contribution in [-0.4, -0.2) is 58.4 Å². The molecule has 8 heteroatoms. The van der Waals surface area contributed by atoms with Crippen molar-refractivity contribution in [3.8, 4) is 5.69 Å². The van der Waals surface area contributed by atoms with Crippen molar-refractivity contribution in [3.63, 3.8) is 0 Å². The van der Waals surface area contributed by atoms with E-state index in [1.54, 1.807) is 9.91 Å². The number of nitrogens with zero attached hydrogens (tertiary/aromatic N) is 4. The van der Waals surface area contributed by atoms with Crippen LogP contribution in [0.1, 0.15) is 24.6 Å². The number of morpholine rings is 1. The van der Waals surface area contributed by atoms with Gasteiger partial charge in [0.05, 0.1) is 42.9 Å². The topological polar surface area (TPSA) is 78.1 Å². The van der Waals surface area contributed by atoms with Gasteiger partial charge in [-0.2, -0.15) is 0 Å². The third-order valence-corrected chi connectivity index (χ3v) is 5.25. The maximum Gasteiger partial charge on any atom is 0.277 e. The van der Waals surface area contributed by atoms with E-state index in [4.69, 9.17) is 4.74 Å². The molecule has 1 aromatic carbocycles. The summed E-state index contributed by atoms with van der Waals surface area (Å²) >= 11 is 0. The van der Waals surface area contributed by atoms with Gasteiger partial charge < -0.3 is 14.8 Å². The molecule has 0 radical (unpaired) electrons. The van der Waals surface area contributed by atoms with E-state index in [0.717, 1.165) is 22.5 Å². The molecule has 8 nitrogen and oxygen atoms in total. The van der Waals surface area contributed by atoms with E-state index in [9.17, 15) is 10.0 Å². The molecule has 1 unspecified atom stereocenters. The highest BCUT2D eigenvalue weighted by Gasteiger charge is 2.30. The smallest absolute Gasteiger partial charge is 0.277 e. The summed E-state index contributed by atoms with van der Waals surface area (Å²) in [4.78, 5) is 14.2. The fourth-order valence-corrected chi connectivity index (χ4v) is 3.79. The summed E-state index contributed by atoms with van der Waals surface area (Å²) in [6, 6.07) is 9.78. The number of rotatable bonds is 4. The first-order chi connectivity index (χ1) is 13.6. The molecule has 4 rings (SSSR count). The first-order valence-corrected chi connectivity index (χ1v) is 9.56. The molecule has 0 aliphatic carbocycles. The Hall–Kier alpha value is -2.68. The summed E-state index contributed by atoms with van der Waals surface area (Å²) < 4.78 is 7.09. The lowest BCUT2D eigenvalue weighted by molar-refractivity contribution is -0.905. The van der Waals surface area contributed by atoms with Crippen molar-refractivity contribution in [2.75, 3.05) is 32.8 Å². The van der Waals surface area contributed by atoms with Crippen LogP contribution in [-0.2, 0) is 9.53 Å². The molecule has 2 aromatic rings. The predicted octanol–water partition coefficient (Wildman–Crippen LogP) is 1.04. The van der Waals surface area contributed by atoms with E-state index in [-0.39, 0.29) is 11.1 Å². The Labute approximate surface area is 164 Å². The van der Waals surface area contributed by atoms with Gasteiger partial charge in [0.15, 0.2) is 0 Å². The highest BCUT2D eigenvalue weighted by Crippen LogP contribution is 2.29. The minimum absolute atomic E-state index is 0.0546. The van der Waals surface area contributed by atoms with E-state index < -0.39 is 0 Å². The summed E-state index contributed by atoms with van der Waals surface area (Å²) in [6.07, 6.45) is 2.13. The number of para-hydroxylation sites is 1. The van der Waals surface area contributed by atoms with Crippen molar-refractivity contribution >= 4 is 17.3 Å². The van der Waals surface area contributed by atoms with Crippen molar-refractivity contribution in [2.24, 2.45) is 0 Å². The van der Waals surface area contributed by atoms with Crippen LogP contribution in [0.4, 0.5) is 5.82 Å². The normalized spacial score (nSPS) is 19.4. The number of nitrogens with one attached hydrogen (secondary N) is 1. The van der Waals surface area contributed by atoms with Crippen LogP contribution in [0.2, 0.25) is 0 Å². The quantitative estimate of drug-likeness (QED) is 0.798. The first kappa shape index (κ1) is 18.7. The summed E-state index contributed by atoms with van der Waals surface area (Å²) in [5.74, 6) is 0.499. The fourth-order valence-electron chi connectivity index (χ4n) is 3.79.